The number of amides is 1. The second-order valence-electron chi connectivity index (χ2n) is 2.55. The first kappa shape index (κ1) is 9.58. The highest BCUT2D eigenvalue weighted by Crippen LogP contribution is 2.13. The number of hydrogen-bond donors (Lipinski definition) is 0. The van der Waals surface area contributed by atoms with Gasteiger partial charge in [0.05, 0.1) is 7.11 Å². The SMILES string of the molecule is CCN(C(=O)OC)c1ccccc1. The fraction of sp³-hybridized carbons (Fsp3) is 0.300. The minimum atomic E-state index is -0.325. The molecule has 0 aliphatic heterocycles. The standard InChI is InChI=1S/C10H13NO2/c1-3-11(10(12)13-2)9-7-5-4-6-8-9/h4-8H,3H2,1-2H3. The molecule has 0 fully saturated rings. The van der Waals surface area contributed by atoms with Gasteiger partial charge >= 0.3 is 6.09 Å². The van der Waals surface area contributed by atoms with Crippen molar-refractivity contribution in [3.63, 3.8) is 0 Å². The third kappa shape index (κ3) is 2.21. The van der Waals surface area contributed by atoms with E-state index in [2.05, 4.69) is 4.74 Å². The average Bonchev–Trinajstić information content (AvgIpc) is 2.20. The van der Waals surface area contributed by atoms with Gasteiger partial charge in [-0.25, -0.2) is 4.79 Å². The number of para-hydroxylation sites is 1. The number of hydrogen-bond acceptors (Lipinski definition) is 2. The zero-order valence-corrected chi connectivity index (χ0v) is 7.86. The Labute approximate surface area is 77.9 Å². The predicted molar refractivity (Wildman–Crippen MR) is 51.9 cm³/mol. The Bertz CT molecular complexity index is 272. The van der Waals surface area contributed by atoms with E-state index in [0.717, 1.165) is 5.69 Å². The third-order valence-electron chi connectivity index (χ3n) is 1.78. The lowest BCUT2D eigenvalue weighted by atomic mass is 10.3. The van der Waals surface area contributed by atoms with Crippen molar-refractivity contribution in [2.24, 2.45) is 0 Å². The fourth-order valence-electron chi connectivity index (χ4n) is 1.14. The van der Waals surface area contributed by atoms with E-state index in [1.54, 1.807) is 4.90 Å². The van der Waals surface area contributed by atoms with Gasteiger partial charge in [-0.15, -0.1) is 0 Å². The molecule has 0 aliphatic carbocycles. The molecule has 1 rings (SSSR count). The molecule has 0 bridgehead atoms. The smallest absolute Gasteiger partial charge is 0.413 e. The summed E-state index contributed by atoms with van der Waals surface area (Å²) >= 11 is 0. The molecule has 1 amide bonds. The summed E-state index contributed by atoms with van der Waals surface area (Å²) in [7, 11) is 1.38. The largest absolute Gasteiger partial charge is 0.452 e. The number of benzene rings is 1. The van der Waals surface area contributed by atoms with Crippen LogP contribution in [0.25, 0.3) is 0 Å². The molecule has 1 aromatic carbocycles. The Morgan fingerprint density at radius 1 is 1.38 bits per heavy atom. The maximum absolute atomic E-state index is 11.2. The van der Waals surface area contributed by atoms with Gasteiger partial charge in [0.15, 0.2) is 0 Å². The minimum absolute atomic E-state index is 0.325. The van der Waals surface area contributed by atoms with E-state index in [4.69, 9.17) is 0 Å². The summed E-state index contributed by atoms with van der Waals surface area (Å²) in [6.45, 7) is 2.51. The molecule has 0 unspecified atom stereocenters. The molecule has 3 nitrogen and oxygen atoms in total. The van der Waals surface area contributed by atoms with E-state index in [1.807, 2.05) is 37.3 Å². The first-order chi connectivity index (χ1) is 6.29. The van der Waals surface area contributed by atoms with Crippen LogP contribution in [0.5, 0.6) is 0 Å². The molecule has 0 radical (unpaired) electrons. The monoisotopic (exact) mass is 179 g/mol. The Hall–Kier alpha value is -1.51. The Kier molecular flexibility index (Phi) is 3.31. The number of rotatable bonds is 2. The van der Waals surface area contributed by atoms with Gasteiger partial charge in [0.2, 0.25) is 0 Å². The van der Waals surface area contributed by atoms with Crippen molar-refractivity contribution in [1.82, 2.24) is 0 Å². The molecule has 0 N–H and O–H groups in total. The van der Waals surface area contributed by atoms with Gasteiger partial charge in [0.1, 0.15) is 0 Å². The summed E-state index contributed by atoms with van der Waals surface area (Å²) in [4.78, 5) is 12.8. The molecular formula is C10H13NO2. The van der Waals surface area contributed by atoms with Crippen molar-refractivity contribution in [3.05, 3.63) is 30.3 Å². The van der Waals surface area contributed by atoms with Crippen molar-refractivity contribution in [2.75, 3.05) is 18.6 Å². The number of ether oxygens (including phenoxy) is 1. The van der Waals surface area contributed by atoms with Gasteiger partial charge in [-0.1, -0.05) is 18.2 Å². The fourth-order valence-corrected chi connectivity index (χ4v) is 1.14. The van der Waals surface area contributed by atoms with E-state index >= 15 is 0 Å². The van der Waals surface area contributed by atoms with Crippen molar-refractivity contribution in [1.29, 1.82) is 0 Å². The molecule has 0 saturated heterocycles. The minimum Gasteiger partial charge on any atom is -0.452 e. The summed E-state index contributed by atoms with van der Waals surface area (Å²) in [6.07, 6.45) is -0.325. The lowest BCUT2D eigenvalue weighted by molar-refractivity contribution is 0.179. The highest BCUT2D eigenvalue weighted by atomic mass is 16.5. The summed E-state index contributed by atoms with van der Waals surface area (Å²) in [6, 6.07) is 9.44. The molecule has 1 aromatic rings. The number of carbonyl (C=O) groups excluding carboxylic acids is 1. The molecule has 0 atom stereocenters. The maximum Gasteiger partial charge on any atom is 0.413 e. The number of methoxy groups -OCH3 is 1. The molecule has 3 heteroatoms. The van der Waals surface area contributed by atoms with Crippen LogP contribution in [0.15, 0.2) is 30.3 Å². The zero-order chi connectivity index (χ0) is 9.68. The first-order valence-corrected chi connectivity index (χ1v) is 4.20. The summed E-state index contributed by atoms with van der Waals surface area (Å²) in [5.74, 6) is 0. The van der Waals surface area contributed by atoms with E-state index in [-0.39, 0.29) is 6.09 Å². The van der Waals surface area contributed by atoms with Crippen LogP contribution in [0.1, 0.15) is 6.92 Å². The highest BCUT2D eigenvalue weighted by molar-refractivity contribution is 5.87. The van der Waals surface area contributed by atoms with Crippen LogP contribution >= 0.6 is 0 Å². The van der Waals surface area contributed by atoms with Gasteiger partial charge in [0, 0.05) is 12.2 Å². The lowest BCUT2D eigenvalue weighted by Crippen LogP contribution is -2.30. The molecule has 13 heavy (non-hydrogen) atoms. The molecule has 70 valence electrons. The second-order valence-corrected chi connectivity index (χ2v) is 2.55. The van der Waals surface area contributed by atoms with Crippen LogP contribution in [0.2, 0.25) is 0 Å². The maximum atomic E-state index is 11.2. The zero-order valence-electron chi connectivity index (χ0n) is 7.86. The van der Waals surface area contributed by atoms with Gasteiger partial charge in [-0.2, -0.15) is 0 Å². The van der Waals surface area contributed by atoms with Gasteiger partial charge in [-0.3, -0.25) is 4.90 Å². The Morgan fingerprint density at radius 2 is 2.00 bits per heavy atom. The summed E-state index contributed by atoms with van der Waals surface area (Å²) in [5.41, 5.74) is 0.858. The van der Waals surface area contributed by atoms with Crippen molar-refractivity contribution in [3.8, 4) is 0 Å². The number of nitrogens with zero attached hydrogens (tertiary/aromatic N) is 1. The quantitative estimate of drug-likeness (QED) is 0.697. The summed E-state index contributed by atoms with van der Waals surface area (Å²) < 4.78 is 4.64. The number of carbonyl (C=O) groups is 1. The number of anilines is 1. The van der Waals surface area contributed by atoms with Crippen molar-refractivity contribution in [2.45, 2.75) is 6.92 Å². The topological polar surface area (TPSA) is 29.5 Å². The molecule has 0 saturated carbocycles. The van der Waals surface area contributed by atoms with Gasteiger partial charge in [-0.05, 0) is 19.1 Å². The Balaban J connectivity index is 2.85. The Morgan fingerprint density at radius 3 is 2.46 bits per heavy atom. The highest BCUT2D eigenvalue weighted by Gasteiger charge is 2.12. The van der Waals surface area contributed by atoms with Crippen LogP contribution in [0.4, 0.5) is 10.5 Å². The third-order valence-corrected chi connectivity index (χ3v) is 1.78. The van der Waals surface area contributed by atoms with Gasteiger partial charge < -0.3 is 4.74 Å². The molecule has 0 heterocycles. The van der Waals surface area contributed by atoms with E-state index < -0.39 is 0 Å². The second kappa shape index (κ2) is 4.50. The van der Waals surface area contributed by atoms with Crippen molar-refractivity contribution < 1.29 is 9.53 Å². The van der Waals surface area contributed by atoms with E-state index in [9.17, 15) is 4.79 Å². The normalized spacial score (nSPS) is 9.38. The average molecular weight is 179 g/mol. The molecule has 0 aromatic heterocycles. The van der Waals surface area contributed by atoms with Crippen LogP contribution in [0, 0.1) is 0 Å². The predicted octanol–water partition coefficient (Wildman–Crippen LogP) is 2.28. The van der Waals surface area contributed by atoms with E-state index in [1.165, 1.54) is 7.11 Å². The van der Waals surface area contributed by atoms with Gasteiger partial charge in [0.25, 0.3) is 0 Å². The van der Waals surface area contributed by atoms with Crippen LogP contribution in [-0.4, -0.2) is 19.7 Å². The molecular weight excluding hydrogens is 166 g/mol. The van der Waals surface area contributed by atoms with Crippen LogP contribution in [-0.2, 0) is 4.74 Å². The molecule has 0 spiro atoms. The summed E-state index contributed by atoms with van der Waals surface area (Å²) in [5, 5.41) is 0. The van der Waals surface area contributed by atoms with E-state index in [0.29, 0.717) is 6.54 Å². The van der Waals surface area contributed by atoms with Crippen LogP contribution in [0.3, 0.4) is 0 Å². The van der Waals surface area contributed by atoms with Crippen LogP contribution < -0.4 is 4.90 Å². The molecule has 0 aliphatic rings. The van der Waals surface area contributed by atoms with Crippen molar-refractivity contribution >= 4 is 11.8 Å². The first-order valence-electron chi connectivity index (χ1n) is 4.20. The lowest BCUT2D eigenvalue weighted by Gasteiger charge is -2.18.